The topological polar surface area (TPSA) is 26.0 Å². The van der Waals surface area contributed by atoms with Crippen molar-refractivity contribution in [2.45, 2.75) is 51.0 Å². The monoisotopic (exact) mass is 179 g/mol. The van der Waals surface area contributed by atoms with Gasteiger partial charge in [0.2, 0.25) is 0 Å². The molecule has 1 heteroatoms. The standard InChI is InChI=1S/C12H21N/c13-12-7-3-6-11(9-12)8-10-4-1-2-5-10/h1-2,10-12H,3-9,13H2. The molecule has 0 bridgehead atoms. The van der Waals surface area contributed by atoms with E-state index in [2.05, 4.69) is 12.2 Å². The Labute approximate surface area is 81.4 Å². The minimum Gasteiger partial charge on any atom is -0.328 e. The first kappa shape index (κ1) is 9.26. The third-order valence-electron chi connectivity index (χ3n) is 3.60. The molecular weight excluding hydrogens is 158 g/mol. The molecule has 2 aliphatic carbocycles. The van der Waals surface area contributed by atoms with E-state index in [4.69, 9.17) is 5.73 Å². The molecule has 1 nitrogen and oxygen atoms in total. The Morgan fingerprint density at radius 2 is 1.85 bits per heavy atom. The van der Waals surface area contributed by atoms with E-state index >= 15 is 0 Å². The molecule has 0 saturated heterocycles. The number of hydrogen-bond acceptors (Lipinski definition) is 1. The zero-order valence-corrected chi connectivity index (χ0v) is 8.41. The molecule has 74 valence electrons. The molecule has 2 aliphatic rings. The van der Waals surface area contributed by atoms with E-state index in [-0.39, 0.29) is 0 Å². The Hall–Kier alpha value is -0.300. The maximum atomic E-state index is 5.98. The largest absolute Gasteiger partial charge is 0.328 e. The van der Waals surface area contributed by atoms with Crippen molar-refractivity contribution in [2.24, 2.45) is 17.6 Å². The van der Waals surface area contributed by atoms with Crippen LogP contribution >= 0.6 is 0 Å². The molecule has 2 rings (SSSR count). The highest BCUT2D eigenvalue weighted by Gasteiger charge is 2.22. The van der Waals surface area contributed by atoms with Gasteiger partial charge >= 0.3 is 0 Å². The van der Waals surface area contributed by atoms with Crippen LogP contribution in [0.3, 0.4) is 0 Å². The third kappa shape index (κ3) is 2.57. The number of allylic oxidation sites excluding steroid dienone is 2. The fraction of sp³-hybridized carbons (Fsp3) is 0.833. The van der Waals surface area contributed by atoms with Gasteiger partial charge in [-0.1, -0.05) is 25.0 Å². The van der Waals surface area contributed by atoms with Crippen molar-refractivity contribution in [3.8, 4) is 0 Å². The second-order valence-electron chi connectivity index (χ2n) is 4.84. The molecule has 0 heterocycles. The predicted octanol–water partition coefficient (Wildman–Crippen LogP) is 2.86. The van der Waals surface area contributed by atoms with Gasteiger partial charge in [0.25, 0.3) is 0 Å². The van der Waals surface area contributed by atoms with Gasteiger partial charge in [0.15, 0.2) is 0 Å². The van der Waals surface area contributed by atoms with Gasteiger partial charge in [0, 0.05) is 6.04 Å². The van der Waals surface area contributed by atoms with Crippen LogP contribution in [-0.4, -0.2) is 6.04 Å². The average molecular weight is 179 g/mol. The van der Waals surface area contributed by atoms with Crippen LogP contribution in [0.25, 0.3) is 0 Å². The molecule has 0 spiro atoms. The lowest BCUT2D eigenvalue weighted by Crippen LogP contribution is -2.28. The minimum atomic E-state index is 0.508. The lowest BCUT2D eigenvalue weighted by atomic mass is 9.80. The molecule has 0 aromatic carbocycles. The van der Waals surface area contributed by atoms with Crippen LogP contribution in [0, 0.1) is 11.8 Å². The van der Waals surface area contributed by atoms with Crippen molar-refractivity contribution in [3.05, 3.63) is 12.2 Å². The molecule has 0 aliphatic heterocycles. The van der Waals surface area contributed by atoms with Gasteiger partial charge in [-0.25, -0.2) is 0 Å². The summed E-state index contributed by atoms with van der Waals surface area (Å²) in [6, 6.07) is 0.508. The number of nitrogens with two attached hydrogens (primary N) is 1. The van der Waals surface area contributed by atoms with Crippen LogP contribution in [-0.2, 0) is 0 Å². The normalized spacial score (nSPS) is 35.5. The van der Waals surface area contributed by atoms with Gasteiger partial charge in [0.1, 0.15) is 0 Å². The molecule has 2 N–H and O–H groups in total. The smallest absolute Gasteiger partial charge is 0.00414 e. The van der Waals surface area contributed by atoms with Crippen LogP contribution in [0.2, 0.25) is 0 Å². The fourth-order valence-corrected chi connectivity index (χ4v) is 2.88. The SMILES string of the molecule is NC1CCCC(CC2CC=CC2)C1. The quantitative estimate of drug-likeness (QED) is 0.648. The summed E-state index contributed by atoms with van der Waals surface area (Å²) >= 11 is 0. The molecule has 0 aromatic heterocycles. The molecule has 2 atom stereocenters. The van der Waals surface area contributed by atoms with Gasteiger partial charge in [0.05, 0.1) is 0 Å². The van der Waals surface area contributed by atoms with Crippen molar-refractivity contribution >= 4 is 0 Å². The summed E-state index contributed by atoms with van der Waals surface area (Å²) in [6.45, 7) is 0. The van der Waals surface area contributed by atoms with E-state index in [0.717, 1.165) is 11.8 Å². The average Bonchev–Trinajstić information content (AvgIpc) is 2.57. The van der Waals surface area contributed by atoms with Crippen molar-refractivity contribution in [1.82, 2.24) is 0 Å². The Balaban J connectivity index is 1.74. The number of hydrogen-bond donors (Lipinski definition) is 1. The highest BCUT2D eigenvalue weighted by molar-refractivity contribution is 4.95. The molecule has 1 saturated carbocycles. The van der Waals surface area contributed by atoms with Crippen LogP contribution in [0.15, 0.2) is 12.2 Å². The zero-order valence-electron chi connectivity index (χ0n) is 8.41. The first-order valence-corrected chi connectivity index (χ1v) is 5.75. The molecule has 2 unspecified atom stereocenters. The highest BCUT2D eigenvalue weighted by Crippen LogP contribution is 2.32. The fourth-order valence-electron chi connectivity index (χ4n) is 2.88. The summed E-state index contributed by atoms with van der Waals surface area (Å²) in [6.07, 6.45) is 14.1. The van der Waals surface area contributed by atoms with Crippen LogP contribution in [0.4, 0.5) is 0 Å². The van der Waals surface area contributed by atoms with Gasteiger partial charge < -0.3 is 5.73 Å². The van der Waals surface area contributed by atoms with Crippen LogP contribution in [0.5, 0.6) is 0 Å². The summed E-state index contributed by atoms with van der Waals surface area (Å²) in [5, 5.41) is 0. The predicted molar refractivity (Wildman–Crippen MR) is 56.4 cm³/mol. The number of rotatable bonds is 2. The van der Waals surface area contributed by atoms with Crippen LogP contribution < -0.4 is 5.73 Å². The van der Waals surface area contributed by atoms with Crippen molar-refractivity contribution < 1.29 is 0 Å². The van der Waals surface area contributed by atoms with Crippen molar-refractivity contribution in [1.29, 1.82) is 0 Å². The van der Waals surface area contributed by atoms with E-state index in [0.29, 0.717) is 6.04 Å². The highest BCUT2D eigenvalue weighted by atomic mass is 14.6. The zero-order chi connectivity index (χ0) is 9.10. The second-order valence-corrected chi connectivity index (χ2v) is 4.84. The first-order valence-electron chi connectivity index (χ1n) is 5.75. The summed E-state index contributed by atoms with van der Waals surface area (Å²) < 4.78 is 0. The molecular formula is C12H21N. The second kappa shape index (κ2) is 4.28. The van der Waals surface area contributed by atoms with Crippen molar-refractivity contribution in [2.75, 3.05) is 0 Å². The Kier molecular flexibility index (Phi) is 3.05. The summed E-state index contributed by atoms with van der Waals surface area (Å²) in [7, 11) is 0. The van der Waals surface area contributed by atoms with Gasteiger partial charge in [-0.3, -0.25) is 0 Å². The maximum Gasteiger partial charge on any atom is 0.00414 e. The Morgan fingerprint density at radius 3 is 2.54 bits per heavy atom. The van der Waals surface area contributed by atoms with E-state index in [1.54, 1.807) is 0 Å². The molecule has 0 radical (unpaired) electrons. The molecule has 13 heavy (non-hydrogen) atoms. The van der Waals surface area contributed by atoms with E-state index < -0.39 is 0 Å². The third-order valence-corrected chi connectivity index (χ3v) is 3.60. The Bertz CT molecular complexity index is 178. The van der Waals surface area contributed by atoms with E-state index in [1.165, 1.54) is 44.9 Å². The summed E-state index contributed by atoms with van der Waals surface area (Å²) in [5.41, 5.74) is 5.98. The molecule has 0 aromatic rings. The van der Waals surface area contributed by atoms with Crippen LogP contribution in [0.1, 0.15) is 44.9 Å². The Morgan fingerprint density at radius 1 is 1.08 bits per heavy atom. The van der Waals surface area contributed by atoms with Crippen molar-refractivity contribution in [3.63, 3.8) is 0 Å². The lowest BCUT2D eigenvalue weighted by molar-refractivity contribution is 0.270. The van der Waals surface area contributed by atoms with Gasteiger partial charge in [-0.05, 0) is 43.9 Å². The summed E-state index contributed by atoms with van der Waals surface area (Å²) in [5.74, 6) is 1.89. The maximum absolute atomic E-state index is 5.98. The van der Waals surface area contributed by atoms with Gasteiger partial charge in [-0.15, -0.1) is 0 Å². The summed E-state index contributed by atoms with van der Waals surface area (Å²) in [4.78, 5) is 0. The minimum absolute atomic E-state index is 0.508. The molecule has 0 amide bonds. The van der Waals surface area contributed by atoms with E-state index in [1.807, 2.05) is 0 Å². The lowest BCUT2D eigenvalue weighted by Gasteiger charge is -2.28. The first-order chi connectivity index (χ1) is 6.34. The van der Waals surface area contributed by atoms with E-state index in [9.17, 15) is 0 Å². The van der Waals surface area contributed by atoms with Gasteiger partial charge in [-0.2, -0.15) is 0 Å². The molecule has 1 fully saturated rings.